The summed E-state index contributed by atoms with van der Waals surface area (Å²) in [5, 5.41) is 10.8. The number of carbonyl (C=O) groups excluding carboxylic acids is 1. The van der Waals surface area contributed by atoms with Crippen molar-refractivity contribution in [1.82, 2.24) is 0 Å². The third kappa shape index (κ3) is 3.89. The number of nitrogen functional groups attached to an aromatic ring is 1. The lowest BCUT2D eigenvalue weighted by Gasteiger charge is -2.02. The number of benzene rings is 2. The summed E-state index contributed by atoms with van der Waals surface area (Å²) < 4.78 is 0. The van der Waals surface area contributed by atoms with Crippen molar-refractivity contribution in [3.8, 4) is 0 Å². The molecule has 0 unspecified atom stereocenters. The fourth-order valence-corrected chi connectivity index (χ4v) is 1.48. The first-order chi connectivity index (χ1) is 9.67. The van der Waals surface area contributed by atoms with E-state index in [2.05, 4.69) is 15.5 Å². The van der Waals surface area contributed by atoms with Gasteiger partial charge in [0.1, 0.15) is 0 Å². The summed E-state index contributed by atoms with van der Waals surface area (Å²) >= 11 is 0. The fourth-order valence-electron chi connectivity index (χ4n) is 1.48. The summed E-state index contributed by atoms with van der Waals surface area (Å²) in [6.07, 6.45) is 0. The van der Waals surface area contributed by atoms with Crippen molar-refractivity contribution < 1.29 is 4.79 Å². The molecule has 2 aromatic rings. The number of nitrogens with two attached hydrogens (primary N) is 2. The highest BCUT2D eigenvalue weighted by Crippen LogP contribution is 2.20. The van der Waals surface area contributed by atoms with Gasteiger partial charge in [0.05, 0.1) is 17.9 Å². The van der Waals surface area contributed by atoms with Crippen LogP contribution in [0.25, 0.3) is 0 Å². The molecule has 0 atom stereocenters. The molecule has 1 amide bonds. The van der Waals surface area contributed by atoms with Gasteiger partial charge in [0.15, 0.2) is 0 Å². The summed E-state index contributed by atoms with van der Waals surface area (Å²) in [5.41, 5.74) is 13.6. The second-order valence-electron chi connectivity index (χ2n) is 4.09. The summed E-state index contributed by atoms with van der Waals surface area (Å²) in [5.74, 6) is -0.235. The minimum absolute atomic E-state index is 0.0431. The number of hydrogen-bond acceptors (Lipinski definition) is 5. The molecule has 0 bridgehead atoms. The normalized spacial score (nSPS) is 10.7. The van der Waals surface area contributed by atoms with Crippen LogP contribution in [0.1, 0.15) is 0 Å². The van der Waals surface area contributed by atoms with Gasteiger partial charge in [-0.25, -0.2) is 0 Å². The van der Waals surface area contributed by atoms with Crippen LogP contribution in [-0.4, -0.2) is 12.5 Å². The second-order valence-corrected chi connectivity index (χ2v) is 4.09. The van der Waals surface area contributed by atoms with E-state index in [-0.39, 0.29) is 12.5 Å². The number of nitrogens with zero attached hydrogens (tertiary/aromatic N) is 2. The van der Waals surface area contributed by atoms with Crippen LogP contribution in [-0.2, 0) is 4.79 Å². The van der Waals surface area contributed by atoms with Crippen molar-refractivity contribution >= 4 is 28.7 Å². The van der Waals surface area contributed by atoms with Crippen LogP contribution >= 0.6 is 0 Å². The highest BCUT2D eigenvalue weighted by molar-refractivity contribution is 5.92. The Morgan fingerprint density at radius 1 is 0.950 bits per heavy atom. The molecule has 6 heteroatoms. The summed E-state index contributed by atoms with van der Waals surface area (Å²) in [4.78, 5) is 11.1. The monoisotopic (exact) mass is 269 g/mol. The van der Waals surface area contributed by atoms with Gasteiger partial charge >= 0.3 is 0 Å². The Balaban J connectivity index is 2.03. The van der Waals surface area contributed by atoms with E-state index >= 15 is 0 Å². The van der Waals surface area contributed by atoms with Crippen molar-refractivity contribution in [3.05, 3.63) is 48.5 Å². The quantitative estimate of drug-likeness (QED) is 0.586. The number of amides is 1. The zero-order chi connectivity index (χ0) is 14.4. The molecule has 0 saturated carbocycles. The molecule has 0 saturated heterocycles. The lowest BCUT2D eigenvalue weighted by Crippen LogP contribution is -2.21. The number of rotatable bonds is 4. The molecule has 6 nitrogen and oxygen atoms in total. The first-order valence-corrected chi connectivity index (χ1v) is 6.04. The highest BCUT2D eigenvalue weighted by atomic mass is 16.1. The maximum Gasteiger partial charge on any atom is 0.238 e. The lowest BCUT2D eigenvalue weighted by molar-refractivity contribution is -0.114. The van der Waals surface area contributed by atoms with E-state index in [0.29, 0.717) is 17.1 Å². The number of hydrogen-bond donors (Lipinski definition) is 3. The van der Waals surface area contributed by atoms with Gasteiger partial charge in [-0.3, -0.25) is 4.79 Å². The largest absolute Gasteiger partial charge is 0.399 e. The topological polar surface area (TPSA) is 106 Å². The predicted octanol–water partition coefficient (Wildman–Crippen LogP) is 2.58. The number of nitrogens with one attached hydrogen (secondary N) is 1. The molecular formula is C14H15N5O. The van der Waals surface area contributed by atoms with Gasteiger partial charge in [0.25, 0.3) is 0 Å². The first kappa shape index (κ1) is 13.7. The predicted molar refractivity (Wildman–Crippen MR) is 79.2 cm³/mol. The lowest BCUT2D eigenvalue weighted by atomic mass is 10.3. The van der Waals surface area contributed by atoms with Crippen LogP contribution in [0.15, 0.2) is 58.8 Å². The molecule has 0 aliphatic heterocycles. The molecule has 20 heavy (non-hydrogen) atoms. The highest BCUT2D eigenvalue weighted by Gasteiger charge is 1.98. The van der Waals surface area contributed by atoms with E-state index in [0.717, 1.165) is 5.69 Å². The number of azo groups is 1. The van der Waals surface area contributed by atoms with E-state index in [1.54, 1.807) is 48.5 Å². The molecule has 0 aliphatic rings. The smallest absolute Gasteiger partial charge is 0.238 e. The zero-order valence-corrected chi connectivity index (χ0v) is 10.8. The van der Waals surface area contributed by atoms with E-state index < -0.39 is 0 Å². The van der Waals surface area contributed by atoms with Crippen LogP contribution < -0.4 is 16.8 Å². The number of carbonyl (C=O) groups is 1. The van der Waals surface area contributed by atoms with E-state index in [9.17, 15) is 4.79 Å². The molecule has 2 rings (SSSR count). The Bertz CT molecular complexity index is 604. The van der Waals surface area contributed by atoms with Crippen LogP contribution in [0.4, 0.5) is 22.7 Å². The Morgan fingerprint density at radius 3 is 1.95 bits per heavy atom. The van der Waals surface area contributed by atoms with Gasteiger partial charge in [-0.2, -0.15) is 10.2 Å². The maximum absolute atomic E-state index is 11.1. The summed E-state index contributed by atoms with van der Waals surface area (Å²) in [6.45, 7) is -0.0431. The molecule has 0 fully saturated rings. The van der Waals surface area contributed by atoms with Crippen LogP contribution in [0.5, 0.6) is 0 Å². The van der Waals surface area contributed by atoms with Crippen molar-refractivity contribution in [2.24, 2.45) is 16.0 Å². The maximum atomic E-state index is 11.1. The van der Waals surface area contributed by atoms with Gasteiger partial charge < -0.3 is 16.8 Å². The SMILES string of the molecule is NCC(=O)Nc1ccc(N=Nc2ccc(N)cc2)cc1. The van der Waals surface area contributed by atoms with Crippen LogP contribution in [0.2, 0.25) is 0 Å². The summed E-state index contributed by atoms with van der Waals surface area (Å²) in [6, 6.07) is 14.1. The molecule has 0 spiro atoms. The van der Waals surface area contributed by atoms with Gasteiger partial charge in [-0.1, -0.05) is 0 Å². The van der Waals surface area contributed by atoms with E-state index in [1.807, 2.05) is 0 Å². The average Bonchev–Trinajstić information content (AvgIpc) is 2.48. The fraction of sp³-hybridized carbons (Fsp3) is 0.0714. The minimum Gasteiger partial charge on any atom is -0.399 e. The van der Waals surface area contributed by atoms with Gasteiger partial charge in [0, 0.05) is 11.4 Å². The molecule has 0 heterocycles. The molecule has 0 aliphatic carbocycles. The second kappa shape index (κ2) is 6.44. The Labute approximate surface area is 116 Å². The van der Waals surface area contributed by atoms with Crippen LogP contribution in [0, 0.1) is 0 Å². The van der Waals surface area contributed by atoms with E-state index in [4.69, 9.17) is 11.5 Å². The first-order valence-electron chi connectivity index (χ1n) is 6.04. The summed E-state index contributed by atoms with van der Waals surface area (Å²) in [7, 11) is 0. The van der Waals surface area contributed by atoms with Crippen LogP contribution in [0.3, 0.4) is 0 Å². The molecule has 0 radical (unpaired) electrons. The van der Waals surface area contributed by atoms with E-state index in [1.165, 1.54) is 0 Å². The third-order valence-corrected chi connectivity index (χ3v) is 2.51. The molecule has 102 valence electrons. The van der Waals surface area contributed by atoms with Gasteiger partial charge in [-0.05, 0) is 48.5 Å². The van der Waals surface area contributed by atoms with Crippen molar-refractivity contribution in [3.63, 3.8) is 0 Å². The van der Waals surface area contributed by atoms with Gasteiger partial charge in [0.2, 0.25) is 5.91 Å². The van der Waals surface area contributed by atoms with Crippen molar-refractivity contribution in [2.75, 3.05) is 17.6 Å². The number of anilines is 2. The van der Waals surface area contributed by atoms with Gasteiger partial charge in [-0.15, -0.1) is 0 Å². The third-order valence-electron chi connectivity index (χ3n) is 2.51. The molecule has 2 aromatic carbocycles. The minimum atomic E-state index is -0.235. The Hall–Kier alpha value is -2.73. The molecular weight excluding hydrogens is 254 g/mol. The Kier molecular flexibility index (Phi) is 4.41. The standard InChI is InChI=1S/C14H15N5O/c15-9-14(20)17-11-5-7-13(8-6-11)19-18-12-3-1-10(16)2-4-12/h1-8H,9,15-16H2,(H,17,20). The van der Waals surface area contributed by atoms with Crippen molar-refractivity contribution in [2.45, 2.75) is 0 Å². The molecule has 0 aromatic heterocycles. The Morgan fingerprint density at radius 2 is 1.45 bits per heavy atom. The average molecular weight is 269 g/mol. The van der Waals surface area contributed by atoms with Crippen molar-refractivity contribution in [1.29, 1.82) is 0 Å². The zero-order valence-electron chi connectivity index (χ0n) is 10.8. The molecule has 5 N–H and O–H groups in total.